The maximum atomic E-state index is 13.0. The Morgan fingerprint density at radius 2 is 1.49 bits per heavy atom. The molecule has 0 aromatic heterocycles. The Bertz CT molecular complexity index is 1180. The van der Waals surface area contributed by atoms with Crippen molar-refractivity contribution in [1.29, 1.82) is 5.26 Å². The number of allylic oxidation sites excluding steroid dienone is 3. The summed E-state index contributed by atoms with van der Waals surface area (Å²) in [6.45, 7) is 10.1. The van der Waals surface area contributed by atoms with Gasteiger partial charge in [-0.05, 0) is 54.9 Å². The monoisotopic (exact) mass is 494 g/mol. The Kier molecular flexibility index (Phi) is 11.7. The van der Waals surface area contributed by atoms with E-state index in [-0.39, 0.29) is 11.7 Å². The van der Waals surface area contributed by atoms with Gasteiger partial charge in [0.1, 0.15) is 0 Å². The molecule has 0 spiro atoms. The van der Waals surface area contributed by atoms with Gasteiger partial charge >= 0.3 is 5.97 Å². The zero-order valence-electron chi connectivity index (χ0n) is 22.1. The number of hydrogen-bond acceptors (Lipinski definition) is 3. The fraction of sp³-hybridized carbons (Fsp3) is 0.424. The second kappa shape index (κ2) is 15.5. The summed E-state index contributed by atoms with van der Waals surface area (Å²) in [6, 6.07) is 15.0. The molecule has 4 heteroatoms. The molecule has 0 N–H and O–H groups in total. The van der Waals surface area contributed by atoms with Crippen LogP contribution in [0.25, 0.3) is 21.5 Å². The Labute approximate surface area is 222 Å². The van der Waals surface area contributed by atoms with Crippen molar-refractivity contribution in [3.05, 3.63) is 88.4 Å². The van der Waals surface area contributed by atoms with Gasteiger partial charge in [0.15, 0.2) is 0 Å². The summed E-state index contributed by atoms with van der Waals surface area (Å²) in [6.07, 6.45) is 19.2. The lowest BCUT2D eigenvalue weighted by molar-refractivity contribution is 0.0498. The van der Waals surface area contributed by atoms with Gasteiger partial charge in [0.25, 0.3) is 5.70 Å². The van der Waals surface area contributed by atoms with Crippen LogP contribution >= 0.6 is 0 Å². The second-order valence-electron chi connectivity index (χ2n) is 9.59. The van der Waals surface area contributed by atoms with E-state index in [4.69, 9.17) is 11.3 Å². The van der Waals surface area contributed by atoms with Crippen LogP contribution in [0.3, 0.4) is 0 Å². The van der Waals surface area contributed by atoms with Crippen molar-refractivity contribution in [2.24, 2.45) is 0 Å². The number of ether oxygens (including phenoxy) is 1. The molecule has 0 saturated carbocycles. The van der Waals surface area contributed by atoms with E-state index >= 15 is 0 Å². The van der Waals surface area contributed by atoms with Gasteiger partial charge in [-0.25, -0.2) is 14.9 Å². The van der Waals surface area contributed by atoms with E-state index < -0.39 is 0 Å². The van der Waals surface area contributed by atoms with Gasteiger partial charge in [0.05, 0.1) is 24.8 Å². The van der Waals surface area contributed by atoms with Crippen molar-refractivity contribution in [3.8, 4) is 17.2 Å². The van der Waals surface area contributed by atoms with Crippen LogP contribution in [0.1, 0.15) is 105 Å². The number of unbranched alkanes of at least 4 members (excludes halogenated alkanes) is 10. The molecule has 3 rings (SSSR count). The first kappa shape index (κ1) is 27.9. The summed E-state index contributed by atoms with van der Waals surface area (Å²) in [5.74, 6) is -0.355. The van der Waals surface area contributed by atoms with Crippen molar-refractivity contribution >= 4 is 11.5 Å². The smallest absolute Gasteiger partial charge is 0.338 e. The van der Waals surface area contributed by atoms with E-state index in [0.717, 1.165) is 47.9 Å². The molecule has 1 aliphatic carbocycles. The van der Waals surface area contributed by atoms with Gasteiger partial charge in [-0.15, -0.1) is 0 Å². The van der Waals surface area contributed by atoms with Crippen LogP contribution in [0.2, 0.25) is 0 Å². The van der Waals surface area contributed by atoms with Crippen LogP contribution in [0.4, 0.5) is 0 Å². The summed E-state index contributed by atoms with van der Waals surface area (Å²) in [5.41, 5.74) is 4.28. The van der Waals surface area contributed by atoms with Gasteiger partial charge in [0.2, 0.25) is 0 Å². The van der Waals surface area contributed by atoms with Crippen LogP contribution in [-0.2, 0) is 4.74 Å². The Morgan fingerprint density at radius 3 is 2.16 bits per heavy atom. The summed E-state index contributed by atoms with van der Waals surface area (Å²) in [5, 5.41) is 9.50. The van der Waals surface area contributed by atoms with Gasteiger partial charge < -0.3 is 4.74 Å². The molecule has 192 valence electrons. The van der Waals surface area contributed by atoms with Crippen LogP contribution in [0.15, 0.2) is 60.3 Å². The molecule has 0 amide bonds. The molecule has 2 aromatic rings. The fourth-order valence-electron chi connectivity index (χ4n) is 4.92. The SMILES string of the molecule is [C-]#[N+]/C(C#N)=C1\c2ccccc2-c2c(C(=O)OCCCCCC/C=C\CCCCCCCC)cccc21. The number of nitrogens with zero attached hydrogens (tertiary/aromatic N) is 2. The van der Waals surface area contributed by atoms with Crippen molar-refractivity contribution < 1.29 is 9.53 Å². The minimum absolute atomic E-state index is 0.0361. The third-order valence-electron chi connectivity index (χ3n) is 6.86. The third kappa shape index (κ3) is 7.68. The van der Waals surface area contributed by atoms with E-state index in [1.807, 2.05) is 36.4 Å². The van der Waals surface area contributed by atoms with E-state index in [2.05, 4.69) is 23.9 Å². The summed E-state index contributed by atoms with van der Waals surface area (Å²) in [7, 11) is 0. The number of carbonyl (C=O) groups excluding carboxylic acids is 1. The average Bonchev–Trinajstić information content (AvgIpc) is 3.26. The molecular formula is C33H38N2O2. The number of esters is 1. The topological polar surface area (TPSA) is 54.5 Å². The molecule has 0 fully saturated rings. The third-order valence-corrected chi connectivity index (χ3v) is 6.86. The van der Waals surface area contributed by atoms with Crippen molar-refractivity contribution in [2.75, 3.05) is 6.61 Å². The van der Waals surface area contributed by atoms with E-state index in [9.17, 15) is 10.1 Å². The molecule has 0 radical (unpaired) electrons. The molecule has 1 aliphatic rings. The van der Waals surface area contributed by atoms with Crippen molar-refractivity contribution in [1.82, 2.24) is 0 Å². The molecule has 37 heavy (non-hydrogen) atoms. The zero-order valence-corrected chi connectivity index (χ0v) is 22.1. The number of rotatable bonds is 15. The molecule has 0 bridgehead atoms. The number of nitriles is 1. The fourth-order valence-corrected chi connectivity index (χ4v) is 4.92. The largest absolute Gasteiger partial charge is 0.462 e. The van der Waals surface area contributed by atoms with E-state index in [1.54, 1.807) is 12.1 Å². The Hall–Kier alpha value is -3.63. The standard InChI is InChI=1S/C33H38N2O2/c1-3-4-5-6-7-8-9-10-11-12-13-14-15-18-24-37-33(36)29-23-19-22-28-31(29)26-20-16-17-21-27(26)32(28)30(25-34)35-2/h10-11,16-17,19-23H,3-9,12-15,18,24H2,1H3/b11-10-,32-30+. The van der Waals surface area contributed by atoms with Gasteiger partial charge in [-0.2, -0.15) is 0 Å². The number of fused-ring (bicyclic) bond motifs is 3. The highest BCUT2D eigenvalue weighted by atomic mass is 16.5. The van der Waals surface area contributed by atoms with Crippen LogP contribution in [-0.4, -0.2) is 12.6 Å². The zero-order chi connectivity index (χ0) is 26.3. The first-order valence-corrected chi connectivity index (χ1v) is 13.8. The van der Waals surface area contributed by atoms with Gasteiger partial charge in [-0.3, -0.25) is 0 Å². The van der Waals surface area contributed by atoms with Gasteiger partial charge in [0, 0.05) is 11.1 Å². The van der Waals surface area contributed by atoms with E-state index in [1.165, 1.54) is 51.4 Å². The number of carbonyl (C=O) groups is 1. The lowest BCUT2D eigenvalue weighted by atomic mass is 9.99. The first-order valence-electron chi connectivity index (χ1n) is 13.8. The number of hydrogen-bond donors (Lipinski definition) is 0. The molecule has 0 aliphatic heterocycles. The second-order valence-corrected chi connectivity index (χ2v) is 9.59. The van der Waals surface area contributed by atoms with Gasteiger partial charge in [-0.1, -0.05) is 100 Å². The molecule has 0 heterocycles. The minimum atomic E-state index is -0.355. The normalized spacial score (nSPS) is 13.1. The van der Waals surface area contributed by atoms with Crippen LogP contribution in [0, 0.1) is 17.9 Å². The summed E-state index contributed by atoms with van der Waals surface area (Å²) >= 11 is 0. The van der Waals surface area contributed by atoms with Crippen molar-refractivity contribution in [2.45, 2.75) is 84.0 Å². The Balaban J connectivity index is 1.43. The molecule has 4 nitrogen and oxygen atoms in total. The predicted octanol–water partition coefficient (Wildman–Crippen LogP) is 9.28. The molecule has 0 saturated heterocycles. The van der Waals surface area contributed by atoms with Crippen LogP contribution < -0.4 is 0 Å². The summed E-state index contributed by atoms with van der Waals surface area (Å²) in [4.78, 5) is 16.4. The lowest BCUT2D eigenvalue weighted by Crippen LogP contribution is -2.08. The minimum Gasteiger partial charge on any atom is -0.462 e. The maximum absolute atomic E-state index is 13.0. The Morgan fingerprint density at radius 1 is 0.865 bits per heavy atom. The number of benzene rings is 2. The molecular weight excluding hydrogens is 456 g/mol. The highest BCUT2D eigenvalue weighted by Gasteiger charge is 2.30. The molecule has 0 unspecified atom stereocenters. The molecule has 2 aromatic carbocycles. The highest BCUT2D eigenvalue weighted by molar-refractivity contribution is 6.10. The predicted molar refractivity (Wildman–Crippen MR) is 151 cm³/mol. The average molecular weight is 495 g/mol. The molecule has 0 atom stereocenters. The van der Waals surface area contributed by atoms with Crippen LogP contribution in [0.5, 0.6) is 0 Å². The highest BCUT2D eigenvalue weighted by Crippen LogP contribution is 2.47. The maximum Gasteiger partial charge on any atom is 0.338 e. The van der Waals surface area contributed by atoms with Crippen molar-refractivity contribution in [3.63, 3.8) is 0 Å². The quantitative estimate of drug-likeness (QED) is 0.0695. The lowest BCUT2D eigenvalue weighted by Gasteiger charge is -2.10. The van der Waals surface area contributed by atoms with E-state index in [0.29, 0.717) is 17.7 Å². The first-order chi connectivity index (χ1) is 18.2. The summed E-state index contributed by atoms with van der Waals surface area (Å²) < 4.78 is 5.63.